The minimum Gasteiger partial charge on any atom is -0.477 e. The van der Waals surface area contributed by atoms with Gasteiger partial charge in [0.1, 0.15) is 11.6 Å². The predicted octanol–water partition coefficient (Wildman–Crippen LogP) is 3.52. The van der Waals surface area contributed by atoms with Crippen LogP contribution in [-0.4, -0.2) is 11.1 Å². The quantitative estimate of drug-likeness (QED) is 0.693. The van der Waals surface area contributed by atoms with Crippen molar-refractivity contribution in [3.8, 4) is 6.07 Å². The Morgan fingerprint density at radius 3 is 1.60 bits per heavy atom. The molecule has 100 valence electrons. The van der Waals surface area contributed by atoms with Crippen LogP contribution in [0.4, 0.5) is 0 Å². The molecule has 0 aliphatic carbocycles. The number of carbonyl (C=O) groups is 1. The summed E-state index contributed by atoms with van der Waals surface area (Å²) in [6.45, 7) is 0. The van der Waals surface area contributed by atoms with Crippen LogP contribution in [0.15, 0.2) is 66.2 Å². The smallest absolute Gasteiger partial charge is 0.347 e. The van der Waals surface area contributed by atoms with Gasteiger partial charge in [0.05, 0.1) is 0 Å². The van der Waals surface area contributed by atoms with Crippen molar-refractivity contribution in [3.63, 3.8) is 0 Å². The van der Waals surface area contributed by atoms with Crippen LogP contribution in [0, 0.1) is 11.3 Å². The van der Waals surface area contributed by atoms with Gasteiger partial charge >= 0.3 is 5.97 Å². The molecule has 1 N–H and O–H groups in total. The molecule has 0 saturated heterocycles. The second-order valence-corrected chi connectivity index (χ2v) is 3.90. The molecule has 0 saturated carbocycles. The molecule has 0 unspecified atom stereocenters. The molecule has 0 aromatic heterocycles. The maximum absolute atomic E-state index is 11.2. The van der Waals surface area contributed by atoms with E-state index in [0.29, 0.717) is 16.7 Å². The fourth-order valence-electron chi connectivity index (χ4n) is 1.88. The molecular weight excluding hydrogens is 274 g/mol. The number of halogens is 1. The van der Waals surface area contributed by atoms with Crippen molar-refractivity contribution in [3.05, 3.63) is 77.4 Å². The lowest BCUT2D eigenvalue weighted by Gasteiger charge is -2.09. The molecule has 0 heterocycles. The molecule has 0 amide bonds. The standard InChI is InChI=1S/C16H11NO2.ClH/c17-11-14(16(18)19)15(12-7-3-1-4-8-12)13-9-5-2-6-10-13;/h1-10H,(H,18,19);1H. The van der Waals surface area contributed by atoms with E-state index in [1.165, 1.54) is 0 Å². The number of aliphatic carboxylic acids is 1. The summed E-state index contributed by atoms with van der Waals surface area (Å²) in [5.41, 5.74) is 1.62. The van der Waals surface area contributed by atoms with E-state index in [1.807, 2.05) is 36.4 Å². The summed E-state index contributed by atoms with van der Waals surface area (Å²) >= 11 is 0. The van der Waals surface area contributed by atoms with Crippen LogP contribution in [0.2, 0.25) is 0 Å². The third-order valence-electron chi connectivity index (χ3n) is 2.70. The van der Waals surface area contributed by atoms with Gasteiger partial charge in [0, 0.05) is 5.57 Å². The lowest BCUT2D eigenvalue weighted by Crippen LogP contribution is -2.03. The Morgan fingerprint density at radius 2 is 1.30 bits per heavy atom. The Bertz CT molecular complexity index is 616. The zero-order valence-corrected chi connectivity index (χ0v) is 11.3. The number of nitrogens with zero attached hydrogens (tertiary/aromatic N) is 1. The van der Waals surface area contributed by atoms with Crippen LogP contribution in [0.5, 0.6) is 0 Å². The second kappa shape index (κ2) is 7.13. The number of nitriles is 1. The first-order valence-electron chi connectivity index (χ1n) is 5.72. The topological polar surface area (TPSA) is 61.1 Å². The third-order valence-corrected chi connectivity index (χ3v) is 2.70. The molecule has 2 aromatic carbocycles. The Morgan fingerprint density at radius 1 is 0.900 bits per heavy atom. The van der Waals surface area contributed by atoms with Gasteiger partial charge in [-0.2, -0.15) is 5.26 Å². The van der Waals surface area contributed by atoms with Gasteiger partial charge in [0.25, 0.3) is 0 Å². The Kier molecular flexibility index (Phi) is 5.52. The van der Waals surface area contributed by atoms with E-state index in [-0.39, 0.29) is 18.0 Å². The monoisotopic (exact) mass is 285 g/mol. The van der Waals surface area contributed by atoms with Crippen molar-refractivity contribution in [2.75, 3.05) is 0 Å². The maximum Gasteiger partial charge on any atom is 0.347 e. The zero-order valence-electron chi connectivity index (χ0n) is 10.5. The summed E-state index contributed by atoms with van der Waals surface area (Å²) in [5, 5.41) is 18.3. The predicted molar refractivity (Wildman–Crippen MR) is 79.4 cm³/mol. The number of rotatable bonds is 3. The van der Waals surface area contributed by atoms with Crippen molar-refractivity contribution in [1.82, 2.24) is 0 Å². The molecule has 0 aliphatic rings. The Hall–Kier alpha value is -2.57. The molecule has 0 atom stereocenters. The molecule has 0 aliphatic heterocycles. The summed E-state index contributed by atoms with van der Waals surface area (Å²) in [6.07, 6.45) is 0. The molecule has 2 rings (SSSR count). The van der Waals surface area contributed by atoms with Crippen molar-refractivity contribution < 1.29 is 9.90 Å². The highest BCUT2D eigenvalue weighted by molar-refractivity contribution is 6.04. The first-order valence-corrected chi connectivity index (χ1v) is 5.72. The minimum atomic E-state index is -1.22. The fourth-order valence-corrected chi connectivity index (χ4v) is 1.88. The Labute approximate surface area is 123 Å². The SMILES string of the molecule is Cl.N#CC(C(=O)O)=C(c1ccccc1)c1ccccc1. The fraction of sp³-hybridized carbons (Fsp3) is 0. The third kappa shape index (κ3) is 3.25. The maximum atomic E-state index is 11.2. The number of hydrogen-bond acceptors (Lipinski definition) is 2. The van der Waals surface area contributed by atoms with E-state index >= 15 is 0 Å². The average Bonchev–Trinajstić information content (AvgIpc) is 2.46. The summed E-state index contributed by atoms with van der Waals surface area (Å²) in [6, 6.07) is 19.9. The van der Waals surface area contributed by atoms with Gasteiger partial charge in [-0.25, -0.2) is 4.79 Å². The van der Waals surface area contributed by atoms with Crippen LogP contribution in [0.25, 0.3) is 5.57 Å². The van der Waals surface area contributed by atoms with E-state index in [1.54, 1.807) is 30.3 Å². The van der Waals surface area contributed by atoms with Gasteiger partial charge in [-0.15, -0.1) is 12.4 Å². The van der Waals surface area contributed by atoms with Crippen LogP contribution in [-0.2, 0) is 4.79 Å². The first kappa shape index (κ1) is 15.5. The molecule has 0 fully saturated rings. The molecule has 4 heteroatoms. The minimum absolute atomic E-state index is 0. The van der Waals surface area contributed by atoms with Crippen molar-refractivity contribution in [2.24, 2.45) is 0 Å². The molecule has 0 radical (unpaired) electrons. The summed E-state index contributed by atoms with van der Waals surface area (Å²) < 4.78 is 0. The Balaban J connectivity index is 0.00000200. The first-order chi connectivity index (χ1) is 9.24. The summed E-state index contributed by atoms with van der Waals surface area (Å²) in [5.74, 6) is -1.22. The summed E-state index contributed by atoms with van der Waals surface area (Å²) in [4.78, 5) is 11.2. The lowest BCUT2D eigenvalue weighted by atomic mass is 9.93. The average molecular weight is 286 g/mol. The largest absolute Gasteiger partial charge is 0.477 e. The lowest BCUT2D eigenvalue weighted by molar-refractivity contribution is -0.132. The highest BCUT2D eigenvalue weighted by atomic mass is 35.5. The van der Waals surface area contributed by atoms with Crippen molar-refractivity contribution >= 4 is 23.9 Å². The second-order valence-electron chi connectivity index (χ2n) is 3.90. The van der Waals surface area contributed by atoms with Crippen LogP contribution in [0.3, 0.4) is 0 Å². The highest BCUT2D eigenvalue weighted by Gasteiger charge is 2.17. The highest BCUT2D eigenvalue weighted by Crippen LogP contribution is 2.26. The number of carboxylic acids is 1. The molecule has 20 heavy (non-hydrogen) atoms. The molecule has 3 nitrogen and oxygen atoms in total. The van der Waals surface area contributed by atoms with Crippen molar-refractivity contribution in [2.45, 2.75) is 0 Å². The normalized spacial score (nSPS) is 8.95. The van der Waals surface area contributed by atoms with E-state index in [2.05, 4.69) is 0 Å². The molecule has 0 bridgehead atoms. The number of carboxylic acid groups (broad SMARTS) is 1. The number of benzene rings is 2. The van der Waals surface area contributed by atoms with Crippen LogP contribution in [0.1, 0.15) is 11.1 Å². The molecule has 0 spiro atoms. The summed E-state index contributed by atoms with van der Waals surface area (Å²) in [7, 11) is 0. The van der Waals surface area contributed by atoms with E-state index < -0.39 is 5.97 Å². The van der Waals surface area contributed by atoms with E-state index in [4.69, 9.17) is 5.26 Å². The van der Waals surface area contributed by atoms with E-state index in [9.17, 15) is 9.90 Å². The van der Waals surface area contributed by atoms with Crippen LogP contribution >= 0.6 is 12.4 Å². The van der Waals surface area contributed by atoms with E-state index in [0.717, 1.165) is 0 Å². The number of hydrogen-bond donors (Lipinski definition) is 1. The van der Waals surface area contributed by atoms with Crippen LogP contribution < -0.4 is 0 Å². The van der Waals surface area contributed by atoms with Gasteiger partial charge in [-0.05, 0) is 11.1 Å². The zero-order chi connectivity index (χ0) is 13.7. The van der Waals surface area contributed by atoms with Crippen molar-refractivity contribution in [1.29, 1.82) is 5.26 Å². The van der Waals surface area contributed by atoms with Gasteiger partial charge < -0.3 is 5.11 Å². The van der Waals surface area contributed by atoms with Gasteiger partial charge in [-0.1, -0.05) is 60.7 Å². The molecule has 2 aromatic rings. The van der Waals surface area contributed by atoms with Gasteiger partial charge in [-0.3, -0.25) is 0 Å². The molecular formula is C16H12ClNO2. The van der Waals surface area contributed by atoms with Gasteiger partial charge in [0.15, 0.2) is 0 Å². The van der Waals surface area contributed by atoms with Gasteiger partial charge in [0.2, 0.25) is 0 Å².